The summed E-state index contributed by atoms with van der Waals surface area (Å²) in [5.74, 6) is -2.22. The van der Waals surface area contributed by atoms with E-state index in [1.165, 1.54) is 6.92 Å². The van der Waals surface area contributed by atoms with Gasteiger partial charge in [0.2, 0.25) is 0 Å². The second-order valence-electron chi connectivity index (χ2n) is 3.07. The summed E-state index contributed by atoms with van der Waals surface area (Å²) in [6.07, 6.45) is -1.16. The van der Waals surface area contributed by atoms with Gasteiger partial charge in [-0.3, -0.25) is 0 Å². The average Bonchev–Trinajstić information content (AvgIpc) is 2.14. The van der Waals surface area contributed by atoms with Gasteiger partial charge in [-0.25, -0.2) is 8.78 Å². The highest BCUT2D eigenvalue weighted by molar-refractivity contribution is 5.21. The van der Waals surface area contributed by atoms with E-state index < -0.39 is 23.7 Å². The molecule has 0 saturated carbocycles. The van der Waals surface area contributed by atoms with Crippen molar-refractivity contribution in [3.8, 4) is 6.07 Å². The standard InChI is InChI=1S/C10H9F2NO/c1-6(5-13)10(14)7-2-8(11)4-9(12)3-7/h2-4,6,10,14H,1H3. The van der Waals surface area contributed by atoms with E-state index in [0.717, 1.165) is 12.1 Å². The predicted octanol–water partition coefficient (Wildman–Crippen LogP) is 2.16. The van der Waals surface area contributed by atoms with Gasteiger partial charge in [0.25, 0.3) is 0 Å². The van der Waals surface area contributed by atoms with Gasteiger partial charge in [-0.15, -0.1) is 0 Å². The number of hydrogen-bond donors (Lipinski definition) is 1. The molecule has 0 saturated heterocycles. The van der Waals surface area contributed by atoms with Crippen LogP contribution in [0.5, 0.6) is 0 Å². The highest BCUT2D eigenvalue weighted by atomic mass is 19.1. The van der Waals surface area contributed by atoms with Crippen LogP contribution in [0.4, 0.5) is 8.78 Å². The topological polar surface area (TPSA) is 44.0 Å². The molecule has 1 rings (SSSR count). The molecule has 4 heteroatoms. The lowest BCUT2D eigenvalue weighted by atomic mass is 9.99. The summed E-state index contributed by atoms with van der Waals surface area (Å²) >= 11 is 0. The SMILES string of the molecule is CC(C#N)C(O)c1cc(F)cc(F)c1. The van der Waals surface area contributed by atoms with E-state index in [-0.39, 0.29) is 5.56 Å². The van der Waals surface area contributed by atoms with E-state index in [1.54, 1.807) is 0 Å². The summed E-state index contributed by atoms with van der Waals surface area (Å²) in [6.45, 7) is 1.48. The zero-order valence-corrected chi connectivity index (χ0v) is 7.54. The number of nitrogens with zero attached hydrogens (tertiary/aromatic N) is 1. The molecule has 1 N–H and O–H groups in total. The van der Waals surface area contributed by atoms with Gasteiger partial charge >= 0.3 is 0 Å². The van der Waals surface area contributed by atoms with Crippen LogP contribution in [-0.4, -0.2) is 5.11 Å². The number of benzene rings is 1. The number of hydrogen-bond acceptors (Lipinski definition) is 2. The number of nitriles is 1. The summed E-state index contributed by atoms with van der Waals surface area (Å²) < 4.78 is 25.4. The fourth-order valence-electron chi connectivity index (χ4n) is 1.11. The first-order valence-corrected chi connectivity index (χ1v) is 4.08. The van der Waals surface area contributed by atoms with Crippen LogP contribution in [-0.2, 0) is 0 Å². The van der Waals surface area contributed by atoms with E-state index in [4.69, 9.17) is 5.26 Å². The van der Waals surface area contributed by atoms with Crippen molar-refractivity contribution < 1.29 is 13.9 Å². The lowest BCUT2D eigenvalue weighted by Crippen LogP contribution is -2.07. The molecule has 0 fully saturated rings. The largest absolute Gasteiger partial charge is 0.387 e. The zero-order chi connectivity index (χ0) is 10.7. The number of aliphatic hydroxyl groups excluding tert-OH is 1. The Kier molecular flexibility index (Phi) is 3.15. The summed E-state index contributed by atoms with van der Waals surface area (Å²) in [6, 6.07) is 4.55. The van der Waals surface area contributed by atoms with Gasteiger partial charge < -0.3 is 5.11 Å². The predicted molar refractivity (Wildman–Crippen MR) is 46.1 cm³/mol. The molecule has 2 nitrogen and oxygen atoms in total. The summed E-state index contributed by atoms with van der Waals surface area (Å²) in [4.78, 5) is 0. The summed E-state index contributed by atoms with van der Waals surface area (Å²) in [5, 5.41) is 18.0. The Hall–Kier alpha value is -1.47. The molecule has 2 atom stereocenters. The second-order valence-corrected chi connectivity index (χ2v) is 3.07. The molecule has 0 bridgehead atoms. The fourth-order valence-corrected chi connectivity index (χ4v) is 1.11. The number of rotatable bonds is 2. The van der Waals surface area contributed by atoms with Crippen molar-refractivity contribution in [1.82, 2.24) is 0 Å². The van der Waals surface area contributed by atoms with Crippen LogP contribution in [0.1, 0.15) is 18.6 Å². The fraction of sp³-hybridized carbons (Fsp3) is 0.300. The third-order valence-corrected chi connectivity index (χ3v) is 1.90. The second kappa shape index (κ2) is 4.16. The smallest absolute Gasteiger partial charge is 0.126 e. The molecule has 0 aliphatic rings. The first kappa shape index (κ1) is 10.6. The maximum atomic E-state index is 12.7. The molecule has 2 unspecified atom stereocenters. The van der Waals surface area contributed by atoms with Crippen molar-refractivity contribution in [1.29, 1.82) is 5.26 Å². The van der Waals surface area contributed by atoms with Gasteiger partial charge in [-0.1, -0.05) is 0 Å². The van der Waals surface area contributed by atoms with Crippen molar-refractivity contribution in [3.63, 3.8) is 0 Å². The maximum Gasteiger partial charge on any atom is 0.126 e. The van der Waals surface area contributed by atoms with Gasteiger partial charge in [0.15, 0.2) is 0 Å². The molecule has 0 aromatic heterocycles. The molecule has 0 spiro atoms. The normalized spacial score (nSPS) is 14.5. The molecule has 1 aromatic rings. The number of aliphatic hydroxyl groups is 1. The van der Waals surface area contributed by atoms with E-state index in [0.29, 0.717) is 6.07 Å². The monoisotopic (exact) mass is 197 g/mol. The van der Waals surface area contributed by atoms with Gasteiger partial charge in [-0.2, -0.15) is 5.26 Å². The van der Waals surface area contributed by atoms with Gasteiger partial charge in [-0.05, 0) is 24.6 Å². The molecule has 0 heterocycles. The van der Waals surface area contributed by atoms with Crippen LogP contribution < -0.4 is 0 Å². The Morgan fingerprint density at radius 2 is 1.79 bits per heavy atom. The van der Waals surface area contributed by atoms with Gasteiger partial charge in [0, 0.05) is 6.07 Å². The lowest BCUT2D eigenvalue weighted by Gasteiger charge is -2.12. The third kappa shape index (κ3) is 2.27. The van der Waals surface area contributed by atoms with Crippen LogP contribution in [0.25, 0.3) is 0 Å². The highest BCUT2D eigenvalue weighted by Crippen LogP contribution is 2.22. The van der Waals surface area contributed by atoms with Gasteiger partial charge in [0.1, 0.15) is 11.6 Å². The Balaban J connectivity index is 3.02. The molecule has 74 valence electrons. The van der Waals surface area contributed by atoms with Crippen LogP contribution >= 0.6 is 0 Å². The third-order valence-electron chi connectivity index (χ3n) is 1.90. The average molecular weight is 197 g/mol. The lowest BCUT2D eigenvalue weighted by molar-refractivity contribution is 0.142. The minimum atomic E-state index is -1.16. The minimum Gasteiger partial charge on any atom is -0.387 e. The van der Waals surface area contributed by atoms with E-state index in [9.17, 15) is 13.9 Å². The van der Waals surface area contributed by atoms with Crippen LogP contribution in [0.15, 0.2) is 18.2 Å². The van der Waals surface area contributed by atoms with Crippen LogP contribution in [0.2, 0.25) is 0 Å². The Morgan fingerprint density at radius 3 is 2.21 bits per heavy atom. The van der Waals surface area contributed by atoms with E-state index in [2.05, 4.69) is 0 Å². The zero-order valence-electron chi connectivity index (χ0n) is 7.54. The molecule has 0 radical (unpaired) electrons. The van der Waals surface area contributed by atoms with Gasteiger partial charge in [0.05, 0.1) is 18.1 Å². The summed E-state index contributed by atoms with van der Waals surface area (Å²) in [5.41, 5.74) is 0.0801. The quantitative estimate of drug-likeness (QED) is 0.789. The molecular weight excluding hydrogens is 188 g/mol. The van der Waals surface area contributed by atoms with E-state index in [1.807, 2.05) is 6.07 Å². The van der Waals surface area contributed by atoms with Crippen LogP contribution in [0, 0.1) is 28.9 Å². The van der Waals surface area contributed by atoms with Crippen molar-refractivity contribution in [2.75, 3.05) is 0 Å². The van der Waals surface area contributed by atoms with Crippen molar-refractivity contribution >= 4 is 0 Å². The molecule has 0 aliphatic heterocycles. The highest BCUT2D eigenvalue weighted by Gasteiger charge is 2.17. The molecule has 0 aliphatic carbocycles. The van der Waals surface area contributed by atoms with Crippen molar-refractivity contribution in [2.45, 2.75) is 13.0 Å². The van der Waals surface area contributed by atoms with E-state index >= 15 is 0 Å². The Labute approximate surface area is 80.4 Å². The molecule has 0 amide bonds. The first-order valence-electron chi connectivity index (χ1n) is 4.08. The Bertz CT molecular complexity index is 353. The van der Waals surface area contributed by atoms with Crippen molar-refractivity contribution in [2.24, 2.45) is 5.92 Å². The Morgan fingerprint density at radius 1 is 1.29 bits per heavy atom. The maximum absolute atomic E-state index is 12.7. The molecule has 14 heavy (non-hydrogen) atoms. The minimum absolute atomic E-state index is 0.0801. The van der Waals surface area contributed by atoms with Crippen molar-refractivity contribution in [3.05, 3.63) is 35.4 Å². The number of halogens is 2. The first-order chi connectivity index (χ1) is 6.54. The molecule has 1 aromatic carbocycles. The van der Waals surface area contributed by atoms with Crippen LogP contribution in [0.3, 0.4) is 0 Å². The summed E-state index contributed by atoms with van der Waals surface area (Å²) in [7, 11) is 0. The molecular formula is C10H9F2NO.